The van der Waals surface area contributed by atoms with E-state index in [2.05, 4.69) is 5.10 Å². The highest BCUT2D eigenvalue weighted by Gasteiger charge is 2.26. The fourth-order valence-electron chi connectivity index (χ4n) is 3.12. The van der Waals surface area contributed by atoms with Gasteiger partial charge in [0.1, 0.15) is 28.8 Å². The molecule has 0 aliphatic rings. The van der Waals surface area contributed by atoms with Crippen molar-refractivity contribution in [2.24, 2.45) is 7.05 Å². The third-order valence-corrected chi connectivity index (χ3v) is 4.53. The highest BCUT2D eigenvalue weighted by molar-refractivity contribution is 6.05. The van der Waals surface area contributed by atoms with Crippen molar-refractivity contribution in [1.29, 1.82) is 0 Å². The van der Waals surface area contributed by atoms with Crippen LogP contribution in [0.2, 0.25) is 0 Å². The Morgan fingerprint density at radius 1 is 1.14 bits per heavy atom. The number of carbonyl (C=O) groups excluding carboxylic acids is 2. The van der Waals surface area contributed by atoms with Crippen LogP contribution in [0.25, 0.3) is 11.3 Å². The maximum atomic E-state index is 13.9. The third kappa shape index (κ3) is 3.73. The van der Waals surface area contributed by atoms with Gasteiger partial charge in [0, 0.05) is 24.6 Å². The lowest BCUT2D eigenvalue weighted by molar-refractivity contribution is 0.0979. The Kier molecular flexibility index (Phi) is 5.72. The fraction of sp³-hybridized carbons (Fsp3) is 0.190. The van der Waals surface area contributed by atoms with E-state index in [4.69, 9.17) is 9.47 Å². The van der Waals surface area contributed by atoms with Gasteiger partial charge in [-0.15, -0.1) is 0 Å². The number of benzene rings is 2. The van der Waals surface area contributed by atoms with Gasteiger partial charge in [-0.1, -0.05) is 6.07 Å². The monoisotopic (exact) mass is 400 g/mol. The molecule has 0 radical (unpaired) electrons. The molecule has 3 aromatic rings. The van der Waals surface area contributed by atoms with Crippen molar-refractivity contribution >= 4 is 12.1 Å². The lowest BCUT2D eigenvalue weighted by atomic mass is 10.00. The number of Topliss-reactive ketones (excluding diaryl/α,β-unsaturated/α-hetero) is 1. The number of hydrogen-bond acceptors (Lipinski definition) is 5. The van der Waals surface area contributed by atoms with Gasteiger partial charge in [-0.2, -0.15) is 5.10 Å². The van der Waals surface area contributed by atoms with Crippen LogP contribution in [0.15, 0.2) is 36.4 Å². The summed E-state index contributed by atoms with van der Waals surface area (Å²) in [4.78, 5) is 24.6. The van der Waals surface area contributed by atoms with E-state index in [-0.39, 0.29) is 16.8 Å². The van der Waals surface area contributed by atoms with Crippen LogP contribution in [0.5, 0.6) is 11.5 Å². The molecule has 6 nitrogen and oxygen atoms in total. The summed E-state index contributed by atoms with van der Waals surface area (Å²) in [5.41, 5.74) is 0.263. The van der Waals surface area contributed by atoms with E-state index in [1.165, 1.54) is 25.0 Å². The SMILES string of the molecule is COc1ccc(OC)c(-c2c(C=O)c(C(=O)Cc3c(F)cccc3F)nn2C)c1. The van der Waals surface area contributed by atoms with Crippen molar-refractivity contribution in [3.63, 3.8) is 0 Å². The quantitative estimate of drug-likeness (QED) is 0.448. The van der Waals surface area contributed by atoms with Gasteiger partial charge in [-0.3, -0.25) is 14.3 Å². The van der Waals surface area contributed by atoms with Crippen molar-refractivity contribution < 1.29 is 27.8 Å². The molecule has 29 heavy (non-hydrogen) atoms. The molecule has 0 saturated carbocycles. The zero-order valence-electron chi connectivity index (χ0n) is 16.0. The second-order valence-corrected chi connectivity index (χ2v) is 6.22. The largest absolute Gasteiger partial charge is 0.497 e. The van der Waals surface area contributed by atoms with Crippen LogP contribution < -0.4 is 9.47 Å². The lowest BCUT2D eigenvalue weighted by Crippen LogP contribution is -2.10. The summed E-state index contributed by atoms with van der Waals surface area (Å²) in [5.74, 6) is -1.40. The van der Waals surface area contributed by atoms with Crippen LogP contribution in [0.3, 0.4) is 0 Å². The number of aldehydes is 1. The molecule has 0 fully saturated rings. The Labute approximate surface area is 165 Å². The summed E-state index contributed by atoms with van der Waals surface area (Å²) in [6.07, 6.45) is -0.0722. The first-order valence-electron chi connectivity index (χ1n) is 8.61. The predicted octanol–water partition coefficient (Wildman–Crippen LogP) is 3.62. The lowest BCUT2D eigenvalue weighted by Gasteiger charge is -2.11. The zero-order valence-corrected chi connectivity index (χ0v) is 16.0. The van der Waals surface area contributed by atoms with Crippen molar-refractivity contribution in [3.05, 3.63) is 64.9 Å². The molecule has 1 heterocycles. The Morgan fingerprint density at radius 3 is 2.41 bits per heavy atom. The summed E-state index contributed by atoms with van der Waals surface area (Å²) < 4.78 is 39.8. The van der Waals surface area contributed by atoms with Gasteiger partial charge in [-0.05, 0) is 30.3 Å². The molecule has 0 saturated heterocycles. The molecule has 0 aliphatic carbocycles. The number of nitrogens with zero attached hydrogens (tertiary/aromatic N) is 2. The Balaban J connectivity index is 2.11. The number of ether oxygens (including phenoxy) is 2. The number of ketones is 1. The molecule has 0 N–H and O–H groups in total. The van der Waals surface area contributed by atoms with E-state index in [1.54, 1.807) is 25.2 Å². The number of rotatable bonds is 7. The first kappa shape index (κ1) is 20.2. The van der Waals surface area contributed by atoms with Crippen LogP contribution in [-0.4, -0.2) is 36.1 Å². The average molecular weight is 400 g/mol. The molecule has 3 rings (SSSR count). The minimum Gasteiger partial charge on any atom is -0.497 e. The number of methoxy groups -OCH3 is 2. The predicted molar refractivity (Wildman–Crippen MR) is 102 cm³/mol. The Bertz CT molecular complexity index is 1070. The molecule has 0 bridgehead atoms. The van der Waals surface area contributed by atoms with E-state index >= 15 is 0 Å². The zero-order chi connectivity index (χ0) is 21.1. The first-order valence-corrected chi connectivity index (χ1v) is 8.61. The summed E-state index contributed by atoms with van der Waals surface area (Å²) >= 11 is 0. The molecule has 1 aromatic heterocycles. The maximum Gasteiger partial charge on any atom is 0.188 e. The van der Waals surface area contributed by atoms with Crippen LogP contribution >= 0.6 is 0 Å². The van der Waals surface area contributed by atoms with Crippen molar-refractivity contribution in [3.8, 4) is 22.8 Å². The van der Waals surface area contributed by atoms with Gasteiger partial charge < -0.3 is 9.47 Å². The molecule has 0 spiro atoms. The second-order valence-electron chi connectivity index (χ2n) is 6.22. The Hall–Kier alpha value is -3.55. The van der Waals surface area contributed by atoms with E-state index in [1.807, 2.05) is 0 Å². The summed E-state index contributed by atoms with van der Waals surface area (Å²) in [7, 11) is 4.52. The number of carbonyl (C=O) groups is 2. The van der Waals surface area contributed by atoms with Gasteiger partial charge in [0.15, 0.2) is 12.1 Å². The van der Waals surface area contributed by atoms with Gasteiger partial charge in [-0.25, -0.2) is 8.78 Å². The molecule has 2 aromatic carbocycles. The highest BCUT2D eigenvalue weighted by Crippen LogP contribution is 2.36. The summed E-state index contributed by atoms with van der Waals surface area (Å²) in [6, 6.07) is 8.34. The average Bonchev–Trinajstić information content (AvgIpc) is 3.06. The topological polar surface area (TPSA) is 70.4 Å². The molecular formula is C21H18F2N2O4. The summed E-state index contributed by atoms with van der Waals surface area (Å²) in [5, 5.41) is 4.14. The van der Waals surface area contributed by atoms with Crippen LogP contribution in [0.1, 0.15) is 26.4 Å². The molecule has 0 amide bonds. The molecule has 8 heteroatoms. The third-order valence-electron chi connectivity index (χ3n) is 4.53. The highest BCUT2D eigenvalue weighted by atomic mass is 19.1. The number of aryl methyl sites for hydroxylation is 1. The maximum absolute atomic E-state index is 13.9. The van der Waals surface area contributed by atoms with Crippen LogP contribution in [0.4, 0.5) is 8.78 Å². The van der Waals surface area contributed by atoms with E-state index in [9.17, 15) is 18.4 Å². The number of halogens is 2. The number of aromatic nitrogens is 2. The summed E-state index contributed by atoms with van der Waals surface area (Å²) in [6.45, 7) is 0. The van der Waals surface area contributed by atoms with E-state index in [0.29, 0.717) is 29.0 Å². The standard InChI is InChI=1S/C21H18F2N2O4/c1-25-21(14-9-12(28-2)7-8-19(14)29-3)15(11-26)20(24-25)18(27)10-13-16(22)5-4-6-17(13)23/h4-9,11H,10H2,1-3H3. The van der Waals surface area contributed by atoms with Crippen molar-refractivity contribution in [1.82, 2.24) is 9.78 Å². The molecular weight excluding hydrogens is 382 g/mol. The second kappa shape index (κ2) is 8.22. The smallest absolute Gasteiger partial charge is 0.188 e. The van der Waals surface area contributed by atoms with E-state index < -0.39 is 23.8 Å². The minimum atomic E-state index is -0.836. The minimum absolute atomic E-state index is 0.000741. The van der Waals surface area contributed by atoms with Gasteiger partial charge in [0.2, 0.25) is 0 Å². The molecule has 0 atom stereocenters. The van der Waals surface area contributed by atoms with Gasteiger partial charge >= 0.3 is 0 Å². The van der Waals surface area contributed by atoms with Crippen LogP contribution in [0, 0.1) is 11.6 Å². The fourth-order valence-corrected chi connectivity index (χ4v) is 3.12. The van der Waals surface area contributed by atoms with Gasteiger partial charge in [0.25, 0.3) is 0 Å². The molecule has 0 unspecified atom stereocenters. The molecule has 150 valence electrons. The Morgan fingerprint density at radius 2 is 1.83 bits per heavy atom. The van der Waals surface area contributed by atoms with E-state index in [0.717, 1.165) is 12.1 Å². The molecule has 0 aliphatic heterocycles. The van der Waals surface area contributed by atoms with Crippen LogP contribution in [-0.2, 0) is 13.5 Å². The normalized spacial score (nSPS) is 10.7. The van der Waals surface area contributed by atoms with Crippen molar-refractivity contribution in [2.75, 3.05) is 14.2 Å². The number of hydrogen-bond donors (Lipinski definition) is 0. The van der Waals surface area contributed by atoms with Gasteiger partial charge in [0.05, 0.1) is 25.5 Å². The van der Waals surface area contributed by atoms with Crippen molar-refractivity contribution in [2.45, 2.75) is 6.42 Å². The first-order chi connectivity index (χ1) is 13.9.